The van der Waals surface area contributed by atoms with Crippen molar-refractivity contribution < 1.29 is 4.42 Å². The maximum atomic E-state index is 6.39. The Labute approximate surface area is 261 Å². The van der Waals surface area contributed by atoms with Crippen LogP contribution in [0.5, 0.6) is 0 Å². The summed E-state index contributed by atoms with van der Waals surface area (Å²) in [5, 5.41) is 7.31. The van der Waals surface area contributed by atoms with Gasteiger partial charge in [-0.25, -0.2) is 0 Å². The van der Waals surface area contributed by atoms with E-state index < -0.39 is 0 Å². The van der Waals surface area contributed by atoms with E-state index in [2.05, 4.69) is 164 Å². The Morgan fingerprint density at radius 2 is 0.756 bits per heavy atom. The van der Waals surface area contributed by atoms with E-state index in [1.165, 1.54) is 66.1 Å². The monoisotopic (exact) mass is 572 g/mol. The van der Waals surface area contributed by atoms with Crippen LogP contribution in [0, 0.1) is 0 Å². The Balaban J connectivity index is 1.37. The van der Waals surface area contributed by atoms with Gasteiger partial charge in [-0.2, -0.15) is 0 Å². The van der Waals surface area contributed by atoms with Gasteiger partial charge in [0.25, 0.3) is 0 Å². The summed E-state index contributed by atoms with van der Waals surface area (Å²) >= 11 is 0. The molecule has 0 fully saturated rings. The lowest BCUT2D eigenvalue weighted by atomic mass is 9.84. The van der Waals surface area contributed by atoms with Crippen LogP contribution >= 0.6 is 0 Å². The maximum Gasteiger partial charge on any atom is 0.136 e. The fraction of sp³-hybridized carbons (Fsp3) is 0. The van der Waals surface area contributed by atoms with Crippen molar-refractivity contribution in [3.8, 4) is 44.5 Å². The van der Waals surface area contributed by atoms with E-state index in [0.29, 0.717) is 0 Å². The van der Waals surface area contributed by atoms with Gasteiger partial charge in [0.05, 0.1) is 0 Å². The molecule has 0 bridgehead atoms. The molecule has 0 amide bonds. The summed E-state index contributed by atoms with van der Waals surface area (Å²) in [6.07, 6.45) is 0. The van der Waals surface area contributed by atoms with Crippen LogP contribution in [0.25, 0.3) is 88.0 Å². The van der Waals surface area contributed by atoms with Gasteiger partial charge >= 0.3 is 0 Å². The Kier molecular flexibility index (Phi) is 5.89. The van der Waals surface area contributed by atoms with Crippen LogP contribution in [0.3, 0.4) is 0 Å². The molecule has 0 N–H and O–H groups in total. The molecule has 0 radical (unpaired) electrons. The van der Waals surface area contributed by atoms with Crippen LogP contribution in [0.2, 0.25) is 0 Å². The molecule has 210 valence electrons. The zero-order valence-corrected chi connectivity index (χ0v) is 24.6. The number of furan rings is 1. The molecular weight excluding hydrogens is 544 g/mol. The first kappa shape index (κ1) is 25.6. The summed E-state index contributed by atoms with van der Waals surface area (Å²) < 4.78 is 6.39. The molecule has 0 spiro atoms. The van der Waals surface area contributed by atoms with Crippen molar-refractivity contribution in [2.75, 3.05) is 0 Å². The van der Waals surface area contributed by atoms with E-state index >= 15 is 0 Å². The van der Waals surface area contributed by atoms with Crippen LogP contribution in [0.1, 0.15) is 0 Å². The average molecular weight is 573 g/mol. The molecule has 45 heavy (non-hydrogen) atoms. The molecule has 1 heterocycles. The van der Waals surface area contributed by atoms with E-state index in [4.69, 9.17) is 4.42 Å². The molecule has 0 aliphatic carbocycles. The predicted octanol–water partition coefficient (Wildman–Crippen LogP) is 12.6. The van der Waals surface area contributed by atoms with E-state index in [1.54, 1.807) is 0 Å². The zero-order valence-electron chi connectivity index (χ0n) is 24.6. The summed E-state index contributed by atoms with van der Waals surface area (Å²) in [6, 6.07) is 60.9. The van der Waals surface area contributed by atoms with Gasteiger partial charge in [0, 0.05) is 16.3 Å². The van der Waals surface area contributed by atoms with Gasteiger partial charge in [0.1, 0.15) is 11.2 Å². The third-order valence-corrected chi connectivity index (χ3v) is 9.06. The molecule has 8 aromatic carbocycles. The molecule has 9 rings (SSSR count). The molecule has 0 saturated heterocycles. The third kappa shape index (κ3) is 4.09. The van der Waals surface area contributed by atoms with Crippen molar-refractivity contribution in [2.24, 2.45) is 0 Å². The Morgan fingerprint density at radius 1 is 0.289 bits per heavy atom. The lowest BCUT2D eigenvalue weighted by Crippen LogP contribution is -1.92. The van der Waals surface area contributed by atoms with Crippen LogP contribution < -0.4 is 0 Å². The van der Waals surface area contributed by atoms with Crippen molar-refractivity contribution in [3.63, 3.8) is 0 Å². The maximum absolute atomic E-state index is 6.39. The second-order valence-electron chi connectivity index (χ2n) is 11.6. The number of benzene rings is 8. The third-order valence-electron chi connectivity index (χ3n) is 9.06. The summed E-state index contributed by atoms with van der Waals surface area (Å²) in [4.78, 5) is 0. The van der Waals surface area contributed by atoms with Crippen molar-refractivity contribution in [1.82, 2.24) is 0 Å². The molecular formula is C44H28O. The molecule has 0 atom stereocenters. The van der Waals surface area contributed by atoms with Gasteiger partial charge in [-0.3, -0.25) is 0 Å². The Morgan fingerprint density at radius 3 is 1.38 bits per heavy atom. The highest BCUT2D eigenvalue weighted by atomic mass is 16.3. The largest absolute Gasteiger partial charge is 0.456 e. The van der Waals surface area contributed by atoms with Gasteiger partial charge in [-0.15, -0.1) is 0 Å². The van der Waals surface area contributed by atoms with Crippen LogP contribution in [-0.2, 0) is 0 Å². The van der Waals surface area contributed by atoms with Crippen molar-refractivity contribution in [2.45, 2.75) is 0 Å². The van der Waals surface area contributed by atoms with Gasteiger partial charge in [-0.1, -0.05) is 152 Å². The summed E-state index contributed by atoms with van der Waals surface area (Å²) in [6.45, 7) is 0. The molecule has 0 saturated carbocycles. The van der Waals surface area contributed by atoms with E-state index in [0.717, 1.165) is 21.9 Å². The van der Waals surface area contributed by atoms with E-state index in [-0.39, 0.29) is 0 Å². The molecule has 0 aliphatic rings. The highest BCUT2D eigenvalue weighted by molar-refractivity contribution is 6.22. The molecule has 1 heteroatoms. The zero-order chi connectivity index (χ0) is 29.7. The lowest BCUT2D eigenvalue weighted by Gasteiger charge is -2.19. The van der Waals surface area contributed by atoms with Gasteiger partial charge < -0.3 is 4.42 Å². The topological polar surface area (TPSA) is 13.1 Å². The van der Waals surface area contributed by atoms with Crippen LogP contribution in [-0.4, -0.2) is 0 Å². The number of para-hydroxylation sites is 1. The van der Waals surface area contributed by atoms with Crippen LogP contribution in [0.15, 0.2) is 174 Å². The normalized spacial score (nSPS) is 11.6. The first-order chi connectivity index (χ1) is 22.3. The molecule has 0 unspecified atom stereocenters. The molecule has 1 nitrogen and oxygen atoms in total. The minimum absolute atomic E-state index is 0.902. The lowest BCUT2D eigenvalue weighted by molar-refractivity contribution is 0.669. The highest BCUT2D eigenvalue weighted by Gasteiger charge is 2.20. The fourth-order valence-corrected chi connectivity index (χ4v) is 7.16. The van der Waals surface area contributed by atoms with E-state index in [1.807, 2.05) is 6.07 Å². The second kappa shape index (κ2) is 10.4. The van der Waals surface area contributed by atoms with Gasteiger partial charge in [0.15, 0.2) is 0 Å². The smallest absolute Gasteiger partial charge is 0.136 e. The second-order valence-corrected chi connectivity index (χ2v) is 11.6. The molecule has 1 aromatic heterocycles. The summed E-state index contributed by atoms with van der Waals surface area (Å²) in [5.41, 5.74) is 11.5. The van der Waals surface area contributed by atoms with Crippen molar-refractivity contribution in [1.29, 1.82) is 0 Å². The predicted molar refractivity (Wildman–Crippen MR) is 190 cm³/mol. The first-order valence-corrected chi connectivity index (χ1v) is 15.4. The van der Waals surface area contributed by atoms with Crippen molar-refractivity contribution in [3.05, 3.63) is 170 Å². The summed E-state index contributed by atoms with van der Waals surface area (Å²) in [7, 11) is 0. The van der Waals surface area contributed by atoms with Gasteiger partial charge in [0.2, 0.25) is 0 Å². The van der Waals surface area contributed by atoms with Crippen LogP contribution in [0.4, 0.5) is 0 Å². The number of hydrogen-bond acceptors (Lipinski definition) is 1. The standard InChI is InChI=1S/C44H28O/c1-3-14-29(15-4-1)33-26-27-40-44(38-24-11-12-25-39(38)45-40)43(33)32-19-13-18-31(28-32)42-36-22-9-7-20-34(36)41(30-16-5-2-6-17-30)35-21-8-10-23-37(35)42/h1-28H. The fourth-order valence-electron chi connectivity index (χ4n) is 7.16. The Hall–Kier alpha value is -5.92. The minimum atomic E-state index is 0.902. The summed E-state index contributed by atoms with van der Waals surface area (Å²) in [5.74, 6) is 0. The quantitative estimate of drug-likeness (QED) is 0.191. The van der Waals surface area contributed by atoms with Gasteiger partial charge in [-0.05, 0) is 78.7 Å². The van der Waals surface area contributed by atoms with Crippen molar-refractivity contribution >= 4 is 43.5 Å². The molecule has 9 aromatic rings. The molecule has 0 aliphatic heterocycles. The number of hydrogen-bond donors (Lipinski definition) is 0. The first-order valence-electron chi connectivity index (χ1n) is 15.4. The SMILES string of the molecule is c1ccc(-c2ccc3oc4ccccc4c3c2-c2cccc(-c3c4ccccc4c(-c4ccccc4)c4ccccc34)c2)cc1. The highest BCUT2D eigenvalue weighted by Crippen LogP contribution is 2.46. The number of fused-ring (bicyclic) bond motifs is 5. The Bertz CT molecular complexity index is 2460. The van der Waals surface area contributed by atoms with E-state index in [9.17, 15) is 0 Å². The number of rotatable bonds is 4. The minimum Gasteiger partial charge on any atom is -0.456 e. The average Bonchev–Trinajstić information content (AvgIpc) is 3.50.